The van der Waals surface area contributed by atoms with Crippen LogP contribution in [0.3, 0.4) is 0 Å². The van der Waals surface area contributed by atoms with Gasteiger partial charge in [-0.3, -0.25) is 25.7 Å². The van der Waals surface area contributed by atoms with Gasteiger partial charge in [-0.25, -0.2) is 0 Å². The molecule has 0 bridgehead atoms. The second-order valence-electron chi connectivity index (χ2n) is 3.73. The fraction of sp³-hybridized carbons (Fsp3) is 0. The van der Waals surface area contributed by atoms with Gasteiger partial charge in [-0.15, -0.1) is 11.3 Å². The van der Waals surface area contributed by atoms with Crippen molar-refractivity contribution in [2.75, 3.05) is 5.43 Å². The van der Waals surface area contributed by atoms with E-state index >= 15 is 0 Å². The van der Waals surface area contributed by atoms with Crippen LogP contribution in [0.2, 0.25) is 4.34 Å². The molecular weight excluding hydrogens is 320 g/mol. The summed E-state index contributed by atoms with van der Waals surface area (Å²) < 4.78 is 0.595. The molecular formula is C11H7ClN4O4S. The maximum atomic E-state index is 10.9. The molecule has 0 radical (unpaired) electrons. The third-order valence-electron chi connectivity index (χ3n) is 2.36. The zero-order valence-electron chi connectivity index (χ0n) is 10.2. The van der Waals surface area contributed by atoms with Gasteiger partial charge in [-0.1, -0.05) is 11.6 Å². The number of thiophene rings is 1. The Morgan fingerprint density at radius 3 is 2.52 bits per heavy atom. The molecule has 2 rings (SSSR count). The first kappa shape index (κ1) is 14.9. The molecule has 2 aromatic rings. The number of non-ortho nitro benzene ring substituents is 1. The highest BCUT2D eigenvalue weighted by Gasteiger charge is 2.18. The van der Waals surface area contributed by atoms with E-state index in [1.165, 1.54) is 23.6 Å². The van der Waals surface area contributed by atoms with Crippen LogP contribution in [-0.4, -0.2) is 16.1 Å². The number of hydrogen-bond donors (Lipinski definition) is 1. The van der Waals surface area contributed by atoms with Gasteiger partial charge < -0.3 is 0 Å². The molecule has 1 aromatic carbocycles. The lowest BCUT2D eigenvalue weighted by Gasteiger charge is -2.01. The average molecular weight is 327 g/mol. The molecule has 0 spiro atoms. The van der Waals surface area contributed by atoms with Crippen molar-refractivity contribution in [3.8, 4) is 0 Å². The predicted octanol–water partition coefficient (Wildman–Crippen LogP) is 3.66. The summed E-state index contributed by atoms with van der Waals surface area (Å²) in [6.45, 7) is 0. The third-order valence-corrected chi connectivity index (χ3v) is 3.53. The molecule has 0 amide bonds. The molecule has 10 heteroatoms. The first-order valence-electron chi connectivity index (χ1n) is 5.44. The summed E-state index contributed by atoms with van der Waals surface area (Å²) in [5, 5.41) is 25.4. The minimum Gasteiger partial charge on any atom is -0.272 e. The standard InChI is InChI=1S/C11H7ClN4O4S/c12-11-4-2-8(21-11)6-13-14-9-3-1-7(15(17)18)5-10(9)16(19)20/h1-6,14H/b13-6-. The van der Waals surface area contributed by atoms with Gasteiger partial charge in [-0.05, 0) is 18.2 Å². The van der Waals surface area contributed by atoms with Crippen molar-refractivity contribution in [2.45, 2.75) is 0 Å². The van der Waals surface area contributed by atoms with Crippen molar-refractivity contribution in [1.29, 1.82) is 0 Å². The van der Waals surface area contributed by atoms with Crippen LogP contribution in [-0.2, 0) is 0 Å². The monoisotopic (exact) mass is 326 g/mol. The van der Waals surface area contributed by atoms with E-state index in [-0.39, 0.29) is 11.4 Å². The van der Waals surface area contributed by atoms with Crippen molar-refractivity contribution in [2.24, 2.45) is 5.10 Å². The Hall–Kier alpha value is -2.52. The summed E-state index contributed by atoms with van der Waals surface area (Å²) in [6, 6.07) is 6.70. The number of nitrogens with zero attached hydrogens (tertiary/aromatic N) is 3. The zero-order chi connectivity index (χ0) is 15.4. The summed E-state index contributed by atoms with van der Waals surface area (Å²) in [5.74, 6) is 0. The molecule has 0 aliphatic carbocycles. The molecule has 108 valence electrons. The second-order valence-corrected chi connectivity index (χ2v) is 5.47. The van der Waals surface area contributed by atoms with E-state index in [1.54, 1.807) is 12.1 Å². The van der Waals surface area contributed by atoms with Gasteiger partial charge in [0.15, 0.2) is 0 Å². The normalized spacial score (nSPS) is 10.7. The van der Waals surface area contributed by atoms with E-state index in [2.05, 4.69) is 10.5 Å². The minimum atomic E-state index is -0.715. The maximum Gasteiger partial charge on any atom is 0.301 e. The van der Waals surface area contributed by atoms with Crippen LogP contribution in [0.1, 0.15) is 4.88 Å². The third kappa shape index (κ3) is 3.74. The van der Waals surface area contributed by atoms with Gasteiger partial charge in [0.05, 0.1) is 26.5 Å². The van der Waals surface area contributed by atoms with Crippen LogP contribution in [0.25, 0.3) is 0 Å². The molecule has 21 heavy (non-hydrogen) atoms. The van der Waals surface area contributed by atoms with Gasteiger partial charge >= 0.3 is 5.69 Å². The molecule has 0 aliphatic heterocycles. The highest BCUT2D eigenvalue weighted by atomic mass is 35.5. The Labute approximate surface area is 127 Å². The number of halogens is 1. The number of hydrogen-bond acceptors (Lipinski definition) is 7. The minimum absolute atomic E-state index is 0.0597. The SMILES string of the molecule is O=[N+]([O-])c1ccc(N/N=C\c2ccc(Cl)s2)c([N+](=O)[O-])c1. The van der Waals surface area contributed by atoms with Crippen LogP contribution in [0, 0.1) is 20.2 Å². The first-order valence-corrected chi connectivity index (χ1v) is 6.64. The molecule has 0 unspecified atom stereocenters. The Kier molecular flexibility index (Phi) is 4.45. The average Bonchev–Trinajstić information content (AvgIpc) is 2.84. The Morgan fingerprint density at radius 1 is 1.19 bits per heavy atom. The molecule has 0 aliphatic rings. The van der Waals surface area contributed by atoms with E-state index in [0.29, 0.717) is 4.34 Å². The van der Waals surface area contributed by atoms with Crippen molar-refractivity contribution in [3.63, 3.8) is 0 Å². The van der Waals surface area contributed by atoms with Crippen molar-refractivity contribution >= 4 is 46.2 Å². The van der Waals surface area contributed by atoms with Gasteiger partial charge in [0, 0.05) is 10.9 Å². The molecule has 1 N–H and O–H groups in total. The highest BCUT2D eigenvalue weighted by molar-refractivity contribution is 7.17. The van der Waals surface area contributed by atoms with Crippen LogP contribution < -0.4 is 5.43 Å². The van der Waals surface area contributed by atoms with Crippen LogP contribution in [0.5, 0.6) is 0 Å². The van der Waals surface area contributed by atoms with Gasteiger partial charge in [-0.2, -0.15) is 5.10 Å². The smallest absolute Gasteiger partial charge is 0.272 e. The fourth-order valence-corrected chi connectivity index (χ4v) is 2.38. The Morgan fingerprint density at radius 2 is 1.95 bits per heavy atom. The Bertz CT molecular complexity index is 731. The van der Waals surface area contributed by atoms with E-state index < -0.39 is 15.5 Å². The summed E-state index contributed by atoms with van der Waals surface area (Å²) in [4.78, 5) is 20.9. The highest BCUT2D eigenvalue weighted by Crippen LogP contribution is 2.29. The molecule has 0 atom stereocenters. The van der Waals surface area contributed by atoms with Crippen molar-refractivity contribution in [3.05, 3.63) is 59.8 Å². The molecule has 8 nitrogen and oxygen atoms in total. The van der Waals surface area contributed by atoms with E-state index in [0.717, 1.165) is 17.0 Å². The van der Waals surface area contributed by atoms with Crippen molar-refractivity contribution in [1.82, 2.24) is 0 Å². The number of nitrogens with one attached hydrogen (secondary N) is 1. The summed E-state index contributed by atoms with van der Waals surface area (Å²) in [5.41, 5.74) is 1.76. The molecule has 0 fully saturated rings. The second kappa shape index (κ2) is 6.29. The lowest BCUT2D eigenvalue weighted by atomic mass is 10.2. The zero-order valence-corrected chi connectivity index (χ0v) is 11.8. The number of rotatable bonds is 5. The number of hydrazone groups is 1. The molecule has 0 saturated carbocycles. The van der Waals surface area contributed by atoms with E-state index in [9.17, 15) is 20.2 Å². The van der Waals surface area contributed by atoms with Crippen LogP contribution >= 0.6 is 22.9 Å². The lowest BCUT2D eigenvalue weighted by molar-refractivity contribution is -0.393. The summed E-state index contributed by atoms with van der Waals surface area (Å²) in [6.07, 6.45) is 1.45. The number of nitro groups is 2. The summed E-state index contributed by atoms with van der Waals surface area (Å²) >= 11 is 7.05. The molecule has 0 saturated heterocycles. The molecule has 1 heterocycles. The number of anilines is 1. The first-order chi connectivity index (χ1) is 9.97. The number of nitro benzene ring substituents is 2. The number of benzene rings is 1. The van der Waals surface area contributed by atoms with Crippen LogP contribution in [0.4, 0.5) is 17.1 Å². The maximum absolute atomic E-state index is 10.9. The quantitative estimate of drug-likeness (QED) is 0.512. The largest absolute Gasteiger partial charge is 0.301 e. The molecule has 1 aromatic heterocycles. The lowest BCUT2D eigenvalue weighted by Crippen LogP contribution is -1.98. The fourth-order valence-electron chi connectivity index (χ4n) is 1.44. The topological polar surface area (TPSA) is 111 Å². The predicted molar refractivity (Wildman–Crippen MR) is 80.3 cm³/mol. The van der Waals surface area contributed by atoms with Gasteiger partial charge in [0.1, 0.15) is 5.69 Å². The van der Waals surface area contributed by atoms with E-state index in [4.69, 9.17) is 11.6 Å². The summed E-state index contributed by atoms with van der Waals surface area (Å²) in [7, 11) is 0. The van der Waals surface area contributed by atoms with Crippen molar-refractivity contribution < 1.29 is 9.85 Å². The van der Waals surface area contributed by atoms with Crippen LogP contribution in [0.15, 0.2) is 35.4 Å². The van der Waals surface area contributed by atoms with E-state index in [1.807, 2.05) is 0 Å². The Balaban J connectivity index is 2.21. The van der Waals surface area contributed by atoms with Gasteiger partial charge in [0.25, 0.3) is 5.69 Å². The van der Waals surface area contributed by atoms with Gasteiger partial charge in [0.2, 0.25) is 0 Å².